The van der Waals surface area contributed by atoms with Crippen molar-refractivity contribution < 1.29 is 38.8 Å². The van der Waals surface area contributed by atoms with Crippen LogP contribution in [0.5, 0.6) is 0 Å². The maximum Gasteiger partial charge on any atom is 0.352 e. The minimum atomic E-state index is -1.75. The molecule has 0 aliphatic carbocycles. The molecule has 0 spiro atoms. The first-order chi connectivity index (χ1) is 23.4. The average Bonchev–Trinajstić information content (AvgIpc) is 3.49. The second-order valence-corrected chi connectivity index (χ2v) is 14.0. The van der Waals surface area contributed by atoms with Crippen LogP contribution >= 0.6 is 23.1 Å². The standard InChI is InChI=1S/C30H42N10O7S2/c1-30(2,28(45)46)47-38-22(20-15-49-29(33)37-20)21(41)11-18-25(42)40-23(27(43)44)17(14-48-26(18)40)12-39-13-19(34-9-5-3-7-31)24(36-16-39)35-10-6-4-8-32/h13,15-16,18,26,34H,3-12,14,31-32H2,1-2H3,(H4,33,37,43,44,45,46)/p+1/b38-22-/t18-,26?/m1/s1. The number of ketones is 1. The molecule has 1 fully saturated rings. The molecule has 0 radical (unpaired) electrons. The van der Waals surface area contributed by atoms with E-state index in [4.69, 9.17) is 22.0 Å². The second-order valence-electron chi connectivity index (χ2n) is 12.0. The predicted molar refractivity (Wildman–Crippen MR) is 185 cm³/mol. The second kappa shape index (κ2) is 16.9. The number of rotatable bonds is 20. The van der Waals surface area contributed by atoms with Crippen LogP contribution < -0.4 is 32.4 Å². The summed E-state index contributed by atoms with van der Waals surface area (Å²) in [5.41, 5.74) is 16.2. The van der Waals surface area contributed by atoms with Crippen molar-refractivity contribution in [1.29, 1.82) is 0 Å². The Kier molecular flexibility index (Phi) is 12.9. The van der Waals surface area contributed by atoms with E-state index < -0.39 is 40.5 Å². The number of nitrogens with zero attached hydrogens (tertiary/aromatic N) is 5. The Morgan fingerprint density at radius 3 is 2.45 bits per heavy atom. The summed E-state index contributed by atoms with van der Waals surface area (Å²) in [6.07, 6.45) is 6.63. The minimum absolute atomic E-state index is 0.0812. The number of Topliss-reactive ketones (excluding diaryl/α,β-unsaturated/α-hetero) is 1. The lowest BCUT2D eigenvalue weighted by Crippen LogP contribution is -2.62. The summed E-state index contributed by atoms with van der Waals surface area (Å²) in [5.74, 6) is -3.58. The number of aromatic nitrogens is 3. The fourth-order valence-electron chi connectivity index (χ4n) is 5.08. The van der Waals surface area contributed by atoms with Gasteiger partial charge >= 0.3 is 11.9 Å². The van der Waals surface area contributed by atoms with Crippen molar-refractivity contribution in [2.24, 2.45) is 22.5 Å². The third-order valence-electron chi connectivity index (χ3n) is 7.80. The number of carbonyl (C=O) groups is 4. The summed E-state index contributed by atoms with van der Waals surface area (Å²) < 4.78 is 1.77. The number of aliphatic carboxylic acids is 2. The molecule has 2 aliphatic rings. The number of unbranched alkanes of at least 4 members (excludes halogenated alkanes) is 2. The van der Waals surface area contributed by atoms with Crippen molar-refractivity contribution >= 4 is 69.1 Å². The Balaban J connectivity index is 1.52. The number of oxime groups is 1. The van der Waals surface area contributed by atoms with E-state index in [1.807, 2.05) is 6.20 Å². The highest BCUT2D eigenvalue weighted by molar-refractivity contribution is 8.00. The minimum Gasteiger partial charge on any atom is -0.478 e. The van der Waals surface area contributed by atoms with E-state index in [0.29, 0.717) is 43.3 Å². The summed E-state index contributed by atoms with van der Waals surface area (Å²) in [5, 5.41) is 31.2. The highest BCUT2D eigenvalue weighted by atomic mass is 32.2. The van der Waals surface area contributed by atoms with E-state index in [9.17, 15) is 29.4 Å². The van der Waals surface area contributed by atoms with Gasteiger partial charge in [-0.3, -0.25) is 14.5 Å². The van der Waals surface area contributed by atoms with Gasteiger partial charge in [0.1, 0.15) is 29.8 Å². The number of carboxylic acids is 2. The van der Waals surface area contributed by atoms with Crippen molar-refractivity contribution in [1.82, 2.24) is 14.9 Å². The van der Waals surface area contributed by atoms with Gasteiger partial charge in [0.2, 0.25) is 11.5 Å². The van der Waals surface area contributed by atoms with E-state index in [0.717, 1.165) is 42.7 Å². The average molecular weight is 720 g/mol. The molecular weight excluding hydrogens is 677 g/mol. The molecule has 2 aromatic heterocycles. The summed E-state index contributed by atoms with van der Waals surface area (Å²) in [6, 6.07) is 0. The van der Waals surface area contributed by atoms with Crippen LogP contribution in [-0.2, 0) is 30.6 Å². The Hall–Kier alpha value is -4.33. The first-order valence-electron chi connectivity index (χ1n) is 15.8. The first kappa shape index (κ1) is 37.5. The number of thioether (sulfide) groups is 1. The number of nitrogens with two attached hydrogens (primary N) is 3. The van der Waals surface area contributed by atoms with Gasteiger partial charge in [-0.15, -0.1) is 23.1 Å². The number of nitrogens with one attached hydrogen (secondary N) is 2. The lowest BCUT2D eigenvalue weighted by molar-refractivity contribution is -0.691. The number of thiazole rings is 1. The molecule has 1 amide bonds. The number of carboxylic acid groups (broad SMARTS) is 2. The number of hydrogen-bond acceptors (Lipinski definition) is 15. The van der Waals surface area contributed by atoms with Gasteiger partial charge in [0.25, 0.3) is 12.1 Å². The van der Waals surface area contributed by atoms with Crippen molar-refractivity contribution in [3.05, 3.63) is 34.9 Å². The molecular formula is C30H43N10O7S2+. The van der Waals surface area contributed by atoms with E-state index in [1.165, 1.54) is 35.9 Å². The Morgan fingerprint density at radius 2 is 1.84 bits per heavy atom. The highest BCUT2D eigenvalue weighted by Crippen LogP contribution is 2.45. The molecule has 2 atom stereocenters. The smallest absolute Gasteiger partial charge is 0.352 e. The molecule has 1 unspecified atom stereocenters. The lowest BCUT2D eigenvalue weighted by Gasteiger charge is -2.49. The van der Waals surface area contributed by atoms with Crippen molar-refractivity contribution in [3.63, 3.8) is 0 Å². The number of carbonyl (C=O) groups excluding carboxylic acids is 2. The predicted octanol–water partition coefficient (Wildman–Crippen LogP) is 0.823. The van der Waals surface area contributed by atoms with Gasteiger partial charge in [0, 0.05) is 36.2 Å². The zero-order chi connectivity index (χ0) is 35.7. The SMILES string of the molecule is CC(C)(O/N=C(\C(=O)C[C@@H]1C(=O)N2C(C(=O)O)=C(C[n+]3cnc(NCCCCN)c(NCCCCN)c3)CSC12)c1csc(N)n1)C(=O)O. The van der Waals surface area contributed by atoms with Gasteiger partial charge in [-0.2, -0.15) is 0 Å². The summed E-state index contributed by atoms with van der Waals surface area (Å²) >= 11 is 2.41. The molecule has 0 bridgehead atoms. The third-order valence-corrected chi connectivity index (χ3v) is 9.87. The van der Waals surface area contributed by atoms with Gasteiger partial charge in [-0.25, -0.2) is 19.1 Å². The zero-order valence-corrected chi connectivity index (χ0v) is 29.0. The lowest BCUT2D eigenvalue weighted by atomic mass is 9.89. The molecule has 0 aromatic carbocycles. The molecule has 19 heteroatoms. The number of amides is 1. The van der Waals surface area contributed by atoms with Crippen LogP contribution in [0.25, 0.3) is 0 Å². The monoisotopic (exact) mass is 719 g/mol. The van der Waals surface area contributed by atoms with Crippen LogP contribution in [0.3, 0.4) is 0 Å². The topological polar surface area (TPSA) is 265 Å². The highest BCUT2D eigenvalue weighted by Gasteiger charge is 2.54. The Bertz CT molecular complexity index is 1610. The van der Waals surface area contributed by atoms with Gasteiger partial charge in [-0.05, 0) is 57.6 Å². The van der Waals surface area contributed by atoms with E-state index in [-0.39, 0.29) is 35.2 Å². The number of hydrogen-bond donors (Lipinski definition) is 7. The molecule has 266 valence electrons. The van der Waals surface area contributed by atoms with E-state index >= 15 is 0 Å². The van der Waals surface area contributed by atoms with E-state index in [2.05, 4.69) is 25.8 Å². The van der Waals surface area contributed by atoms with Crippen LogP contribution in [0.2, 0.25) is 0 Å². The molecule has 2 aliphatic heterocycles. The summed E-state index contributed by atoms with van der Waals surface area (Å²) in [6.45, 7) is 5.26. The maximum absolute atomic E-state index is 13.5. The van der Waals surface area contributed by atoms with Crippen molar-refractivity contribution in [2.45, 2.75) is 63.5 Å². The molecule has 0 saturated carbocycles. The zero-order valence-electron chi connectivity index (χ0n) is 27.4. The number of fused-ring (bicyclic) bond motifs is 1. The van der Waals surface area contributed by atoms with Crippen molar-refractivity contribution in [2.75, 3.05) is 48.3 Å². The van der Waals surface area contributed by atoms with Gasteiger partial charge in [-0.1, -0.05) is 5.16 Å². The third kappa shape index (κ3) is 9.22. The van der Waals surface area contributed by atoms with E-state index in [1.54, 1.807) is 10.9 Å². The van der Waals surface area contributed by atoms with Crippen LogP contribution in [0.1, 0.15) is 51.6 Å². The number of anilines is 3. The fraction of sp³-hybridized carbons (Fsp3) is 0.533. The molecule has 4 rings (SSSR count). The molecule has 4 heterocycles. The van der Waals surface area contributed by atoms with Crippen LogP contribution in [0, 0.1) is 5.92 Å². The molecule has 1 saturated heterocycles. The normalized spacial score (nSPS) is 17.8. The first-order valence-corrected chi connectivity index (χ1v) is 17.7. The van der Waals surface area contributed by atoms with Gasteiger partial charge < -0.3 is 42.9 Å². The van der Waals surface area contributed by atoms with Crippen LogP contribution in [-0.4, -0.2) is 97.3 Å². The molecule has 49 heavy (non-hydrogen) atoms. The molecule has 2 aromatic rings. The van der Waals surface area contributed by atoms with Crippen molar-refractivity contribution in [3.8, 4) is 0 Å². The number of β-lactam (4-membered cyclic amide) rings is 1. The largest absolute Gasteiger partial charge is 0.478 e. The van der Waals surface area contributed by atoms with Crippen LogP contribution in [0.4, 0.5) is 16.6 Å². The molecule has 10 N–H and O–H groups in total. The Morgan fingerprint density at radius 1 is 1.14 bits per heavy atom. The molecule has 17 nitrogen and oxygen atoms in total. The number of nitrogen functional groups attached to an aromatic ring is 1. The van der Waals surface area contributed by atoms with Gasteiger partial charge in [0.05, 0.1) is 11.3 Å². The van der Waals surface area contributed by atoms with Crippen LogP contribution in [0.15, 0.2) is 34.3 Å². The van der Waals surface area contributed by atoms with Gasteiger partial charge in [0.15, 0.2) is 16.6 Å². The summed E-state index contributed by atoms with van der Waals surface area (Å²) in [7, 11) is 0. The maximum atomic E-state index is 13.5. The quantitative estimate of drug-likeness (QED) is 0.0328. The Labute approximate surface area is 291 Å². The summed E-state index contributed by atoms with van der Waals surface area (Å²) in [4.78, 5) is 66.1. The fourth-order valence-corrected chi connectivity index (χ4v) is 7.03.